The molecular formula is C8H9NO2. The van der Waals surface area contributed by atoms with Crippen LogP contribution in [0.5, 0.6) is 5.75 Å². The fraction of sp³-hybridized carbons (Fsp3) is 0.125. The fourth-order valence-corrected chi connectivity index (χ4v) is 0.788. The molecule has 1 aromatic rings. The van der Waals surface area contributed by atoms with Gasteiger partial charge in [-0.1, -0.05) is 17.3 Å². The number of hydrogen-bond donors (Lipinski definition) is 1. The largest absolute Gasteiger partial charge is 0.497 e. The van der Waals surface area contributed by atoms with Crippen LogP contribution in [0.25, 0.3) is 0 Å². The van der Waals surface area contributed by atoms with Crippen LogP contribution in [0.1, 0.15) is 5.56 Å². The summed E-state index contributed by atoms with van der Waals surface area (Å²) in [5.41, 5.74) is 0.812. The van der Waals surface area contributed by atoms with Crippen molar-refractivity contribution in [2.75, 3.05) is 7.11 Å². The van der Waals surface area contributed by atoms with Gasteiger partial charge in [0.2, 0.25) is 0 Å². The van der Waals surface area contributed by atoms with Crippen molar-refractivity contribution in [1.29, 1.82) is 0 Å². The molecule has 1 rings (SSSR count). The third-order valence-corrected chi connectivity index (χ3v) is 1.30. The molecule has 0 atom stereocenters. The molecule has 0 unspecified atom stereocenters. The second-order valence-corrected chi connectivity index (χ2v) is 2.02. The quantitative estimate of drug-likeness (QED) is 0.395. The van der Waals surface area contributed by atoms with E-state index in [0.29, 0.717) is 0 Å². The minimum absolute atomic E-state index is 0.752. The van der Waals surface area contributed by atoms with Crippen molar-refractivity contribution in [3.8, 4) is 5.75 Å². The Labute approximate surface area is 64.9 Å². The highest BCUT2D eigenvalue weighted by Crippen LogP contribution is 2.10. The second kappa shape index (κ2) is 3.61. The first kappa shape index (κ1) is 7.60. The molecule has 3 heteroatoms. The number of hydrogen-bond acceptors (Lipinski definition) is 3. The minimum atomic E-state index is 0.752. The molecule has 0 bridgehead atoms. The molecule has 0 aliphatic rings. The number of benzene rings is 1. The van der Waals surface area contributed by atoms with Crippen molar-refractivity contribution in [2.24, 2.45) is 5.16 Å². The molecule has 3 nitrogen and oxygen atoms in total. The van der Waals surface area contributed by atoms with Crippen LogP contribution in [0.4, 0.5) is 0 Å². The number of ether oxygens (including phenoxy) is 1. The number of rotatable bonds is 2. The summed E-state index contributed by atoms with van der Waals surface area (Å²) in [6, 6.07) is 7.26. The molecule has 11 heavy (non-hydrogen) atoms. The van der Waals surface area contributed by atoms with E-state index in [4.69, 9.17) is 9.94 Å². The van der Waals surface area contributed by atoms with E-state index in [9.17, 15) is 0 Å². The monoisotopic (exact) mass is 151 g/mol. The molecule has 0 amide bonds. The van der Waals surface area contributed by atoms with Gasteiger partial charge in [0.1, 0.15) is 5.75 Å². The summed E-state index contributed by atoms with van der Waals surface area (Å²) in [6.07, 6.45) is 1.35. The maximum Gasteiger partial charge on any atom is 0.119 e. The predicted octanol–water partition coefficient (Wildman–Crippen LogP) is 1.50. The lowest BCUT2D eigenvalue weighted by molar-refractivity contribution is 0.322. The minimum Gasteiger partial charge on any atom is -0.497 e. The molecule has 0 spiro atoms. The zero-order chi connectivity index (χ0) is 8.10. The molecule has 0 radical (unpaired) electrons. The van der Waals surface area contributed by atoms with Crippen LogP contribution >= 0.6 is 0 Å². The summed E-state index contributed by atoms with van der Waals surface area (Å²) < 4.78 is 4.96. The molecule has 1 N–H and O–H groups in total. The number of methoxy groups -OCH3 is 1. The summed E-state index contributed by atoms with van der Waals surface area (Å²) in [5, 5.41) is 11.1. The van der Waals surface area contributed by atoms with Gasteiger partial charge >= 0.3 is 0 Å². The van der Waals surface area contributed by atoms with Gasteiger partial charge in [0, 0.05) is 0 Å². The Bertz CT molecular complexity index is 258. The van der Waals surface area contributed by atoms with Crippen molar-refractivity contribution >= 4 is 6.21 Å². The van der Waals surface area contributed by atoms with E-state index in [-0.39, 0.29) is 0 Å². The molecule has 0 saturated carbocycles. The summed E-state index contributed by atoms with van der Waals surface area (Å²) in [4.78, 5) is 0. The van der Waals surface area contributed by atoms with Crippen LogP contribution in [0, 0.1) is 0 Å². The van der Waals surface area contributed by atoms with Crippen molar-refractivity contribution in [1.82, 2.24) is 0 Å². The molecule has 1 aromatic carbocycles. The summed E-state index contributed by atoms with van der Waals surface area (Å²) in [5.74, 6) is 0.752. The number of nitrogens with zero attached hydrogens (tertiary/aromatic N) is 1. The highest BCUT2D eigenvalue weighted by Gasteiger charge is 1.90. The smallest absolute Gasteiger partial charge is 0.119 e. The zero-order valence-electron chi connectivity index (χ0n) is 6.19. The fourth-order valence-electron chi connectivity index (χ4n) is 0.788. The molecular weight excluding hydrogens is 142 g/mol. The summed E-state index contributed by atoms with van der Waals surface area (Å²) in [6.45, 7) is 0. The Morgan fingerprint density at radius 1 is 1.55 bits per heavy atom. The average Bonchev–Trinajstić information content (AvgIpc) is 2.06. The third kappa shape index (κ3) is 1.97. The van der Waals surface area contributed by atoms with E-state index in [1.54, 1.807) is 13.2 Å². The van der Waals surface area contributed by atoms with Crippen LogP contribution in [-0.2, 0) is 0 Å². The maximum absolute atomic E-state index is 8.21. The van der Waals surface area contributed by atoms with Gasteiger partial charge in [-0.2, -0.15) is 0 Å². The first-order valence-corrected chi connectivity index (χ1v) is 3.18. The molecule has 0 aromatic heterocycles. The van der Waals surface area contributed by atoms with Crippen LogP contribution in [0.3, 0.4) is 0 Å². The van der Waals surface area contributed by atoms with Crippen molar-refractivity contribution in [3.63, 3.8) is 0 Å². The average molecular weight is 151 g/mol. The SMILES string of the molecule is COc1cccc(/C=N/O)c1. The Morgan fingerprint density at radius 2 is 2.36 bits per heavy atom. The zero-order valence-corrected chi connectivity index (χ0v) is 6.19. The maximum atomic E-state index is 8.21. The van der Waals surface area contributed by atoms with Gasteiger partial charge in [-0.15, -0.1) is 0 Å². The van der Waals surface area contributed by atoms with Crippen LogP contribution in [-0.4, -0.2) is 18.5 Å². The van der Waals surface area contributed by atoms with Gasteiger partial charge in [0.25, 0.3) is 0 Å². The predicted molar refractivity (Wildman–Crippen MR) is 42.4 cm³/mol. The third-order valence-electron chi connectivity index (χ3n) is 1.30. The molecule has 0 saturated heterocycles. The first-order valence-electron chi connectivity index (χ1n) is 3.18. The second-order valence-electron chi connectivity index (χ2n) is 2.02. The van der Waals surface area contributed by atoms with Crippen LogP contribution in [0.15, 0.2) is 29.4 Å². The van der Waals surface area contributed by atoms with Crippen molar-refractivity contribution < 1.29 is 9.94 Å². The van der Waals surface area contributed by atoms with Gasteiger partial charge in [-0.25, -0.2) is 0 Å². The van der Waals surface area contributed by atoms with Crippen LogP contribution in [0.2, 0.25) is 0 Å². The molecule has 0 aliphatic heterocycles. The van der Waals surface area contributed by atoms with Gasteiger partial charge in [-0.3, -0.25) is 0 Å². The van der Waals surface area contributed by atoms with Crippen molar-refractivity contribution in [3.05, 3.63) is 29.8 Å². The normalized spacial score (nSPS) is 10.3. The van der Waals surface area contributed by atoms with Gasteiger partial charge in [-0.05, 0) is 17.7 Å². The van der Waals surface area contributed by atoms with E-state index in [1.807, 2.05) is 18.2 Å². The van der Waals surface area contributed by atoms with Crippen LogP contribution < -0.4 is 4.74 Å². The Hall–Kier alpha value is -1.51. The Balaban J connectivity index is 2.91. The first-order chi connectivity index (χ1) is 5.36. The molecule has 0 fully saturated rings. The highest BCUT2D eigenvalue weighted by molar-refractivity contribution is 5.79. The van der Waals surface area contributed by atoms with E-state index >= 15 is 0 Å². The van der Waals surface area contributed by atoms with E-state index in [2.05, 4.69) is 5.16 Å². The summed E-state index contributed by atoms with van der Waals surface area (Å²) >= 11 is 0. The standard InChI is InChI=1S/C8H9NO2/c1-11-8-4-2-3-7(5-8)6-9-10/h2-6,10H,1H3/b9-6+. The number of oxime groups is 1. The van der Waals surface area contributed by atoms with E-state index in [1.165, 1.54) is 6.21 Å². The Morgan fingerprint density at radius 3 is 3.00 bits per heavy atom. The molecule has 58 valence electrons. The lowest BCUT2D eigenvalue weighted by atomic mass is 10.2. The lowest BCUT2D eigenvalue weighted by Crippen LogP contribution is -1.85. The molecule has 0 aliphatic carbocycles. The van der Waals surface area contributed by atoms with E-state index in [0.717, 1.165) is 11.3 Å². The van der Waals surface area contributed by atoms with Gasteiger partial charge in [0.15, 0.2) is 0 Å². The summed E-state index contributed by atoms with van der Waals surface area (Å²) in [7, 11) is 1.59. The van der Waals surface area contributed by atoms with Crippen molar-refractivity contribution in [2.45, 2.75) is 0 Å². The lowest BCUT2D eigenvalue weighted by Gasteiger charge is -1.98. The van der Waals surface area contributed by atoms with Gasteiger partial charge in [0.05, 0.1) is 13.3 Å². The Kier molecular flexibility index (Phi) is 2.49. The topological polar surface area (TPSA) is 41.8 Å². The van der Waals surface area contributed by atoms with Gasteiger partial charge < -0.3 is 9.94 Å². The highest BCUT2D eigenvalue weighted by atomic mass is 16.5. The molecule has 0 heterocycles. The van der Waals surface area contributed by atoms with E-state index < -0.39 is 0 Å².